The highest BCUT2D eigenvalue weighted by Crippen LogP contribution is 2.15. The Hall–Kier alpha value is -2.18. The smallest absolute Gasteiger partial charge is 0.271 e. The number of thiazole rings is 1. The SMILES string of the molecule is O=C(Nc1cccc(Cl)c1)c1cnc2sccn2c1=O. The summed E-state index contributed by atoms with van der Waals surface area (Å²) < 4.78 is 1.34. The molecule has 0 aliphatic rings. The average molecular weight is 306 g/mol. The van der Waals surface area contributed by atoms with E-state index >= 15 is 0 Å². The second-order valence-corrected chi connectivity index (χ2v) is 5.31. The van der Waals surface area contributed by atoms with Gasteiger partial charge >= 0.3 is 0 Å². The quantitative estimate of drug-likeness (QED) is 0.791. The van der Waals surface area contributed by atoms with Crippen molar-refractivity contribution < 1.29 is 4.79 Å². The van der Waals surface area contributed by atoms with Crippen molar-refractivity contribution in [3.63, 3.8) is 0 Å². The Morgan fingerprint density at radius 3 is 3.05 bits per heavy atom. The van der Waals surface area contributed by atoms with E-state index in [0.29, 0.717) is 15.7 Å². The zero-order chi connectivity index (χ0) is 14.1. The molecule has 0 saturated heterocycles. The molecule has 5 nitrogen and oxygen atoms in total. The van der Waals surface area contributed by atoms with Crippen molar-refractivity contribution in [2.24, 2.45) is 0 Å². The van der Waals surface area contributed by atoms with Gasteiger partial charge in [0, 0.05) is 28.5 Å². The molecule has 0 spiro atoms. The van der Waals surface area contributed by atoms with E-state index in [1.165, 1.54) is 21.9 Å². The Morgan fingerprint density at radius 1 is 1.40 bits per heavy atom. The molecule has 100 valence electrons. The van der Waals surface area contributed by atoms with Gasteiger partial charge in [0.15, 0.2) is 4.96 Å². The van der Waals surface area contributed by atoms with Gasteiger partial charge in [0.05, 0.1) is 0 Å². The van der Waals surface area contributed by atoms with E-state index in [4.69, 9.17) is 11.6 Å². The van der Waals surface area contributed by atoms with E-state index in [2.05, 4.69) is 10.3 Å². The Bertz CT molecular complexity index is 856. The van der Waals surface area contributed by atoms with E-state index in [1.807, 2.05) is 0 Å². The second-order valence-electron chi connectivity index (χ2n) is 4.00. The summed E-state index contributed by atoms with van der Waals surface area (Å²) in [4.78, 5) is 28.9. The lowest BCUT2D eigenvalue weighted by Crippen LogP contribution is -2.25. The maximum atomic E-state index is 12.1. The van der Waals surface area contributed by atoms with Crippen LogP contribution < -0.4 is 10.9 Å². The van der Waals surface area contributed by atoms with E-state index in [9.17, 15) is 9.59 Å². The number of halogens is 1. The molecule has 3 aromatic rings. The van der Waals surface area contributed by atoms with Crippen molar-refractivity contribution in [1.29, 1.82) is 0 Å². The number of hydrogen-bond acceptors (Lipinski definition) is 4. The van der Waals surface area contributed by atoms with Gasteiger partial charge in [-0.1, -0.05) is 17.7 Å². The van der Waals surface area contributed by atoms with Crippen LogP contribution in [-0.2, 0) is 0 Å². The molecule has 0 unspecified atom stereocenters. The molecule has 0 atom stereocenters. The van der Waals surface area contributed by atoms with E-state index in [-0.39, 0.29) is 5.56 Å². The monoisotopic (exact) mass is 305 g/mol. The molecule has 0 bridgehead atoms. The summed E-state index contributed by atoms with van der Waals surface area (Å²) in [7, 11) is 0. The van der Waals surface area contributed by atoms with Gasteiger partial charge in [-0.3, -0.25) is 14.0 Å². The molecular formula is C13H8ClN3O2S. The Labute approximate surface area is 122 Å². The lowest BCUT2D eigenvalue weighted by atomic mass is 10.2. The van der Waals surface area contributed by atoms with Crippen LogP contribution in [0.1, 0.15) is 10.4 Å². The number of amides is 1. The van der Waals surface area contributed by atoms with E-state index < -0.39 is 11.5 Å². The number of carbonyl (C=O) groups is 1. The molecular weight excluding hydrogens is 298 g/mol. The first kappa shape index (κ1) is 12.8. The highest BCUT2D eigenvalue weighted by molar-refractivity contribution is 7.15. The summed E-state index contributed by atoms with van der Waals surface area (Å²) in [5.74, 6) is -0.509. The lowest BCUT2D eigenvalue weighted by Gasteiger charge is -2.05. The third-order valence-corrected chi connectivity index (χ3v) is 3.68. The van der Waals surface area contributed by atoms with Crippen molar-refractivity contribution >= 4 is 39.5 Å². The molecule has 1 amide bonds. The highest BCUT2D eigenvalue weighted by atomic mass is 35.5. The molecule has 1 aromatic carbocycles. The molecule has 3 rings (SSSR count). The third kappa shape index (κ3) is 2.31. The number of hydrogen-bond donors (Lipinski definition) is 1. The molecule has 0 aliphatic carbocycles. The summed E-state index contributed by atoms with van der Waals surface area (Å²) >= 11 is 7.17. The Kier molecular flexibility index (Phi) is 3.25. The minimum Gasteiger partial charge on any atom is -0.322 e. The minimum absolute atomic E-state index is 0.0131. The molecule has 7 heteroatoms. The van der Waals surface area contributed by atoms with Crippen molar-refractivity contribution in [2.75, 3.05) is 5.32 Å². The number of rotatable bonds is 2. The van der Waals surface area contributed by atoms with Crippen molar-refractivity contribution in [2.45, 2.75) is 0 Å². The zero-order valence-electron chi connectivity index (χ0n) is 10.0. The van der Waals surface area contributed by atoms with Crippen molar-refractivity contribution in [1.82, 2.24) is 9.38 Å². The van der Waals surface area contributed by atoms with Crippen LogP contribution in [0.15, 0.2) is 46.8 Å². The van der Waals surface area contributed by atoms with Crippen LogP contribution in [0, 0.1) is 0 Å². The van der Waals surface area contributed by atoms with Gasteiger partial charge in [0.1, 0.15) is 5.56 Å². The van der Waals surface area contributed by atoms with Crippen molar-refractivity contribution in [3.8, 4) is 0 Å². The van der Waals surface area contributed by atoms with Crippen LogP contribution in [0.5, 0.6) is 0 Å². The summed E-state index contributed by atoms with van der Waals surface area (Å²) in [5, 5.41) is 4.87. The van der Waals surface area contributed by atoms with Gasteiger partial charge in [-0.15, -0.1) is 11.3 Å². The fourth-order valence-electron chi connectivity index (χ4n) is 1.75. The zero-order valence-corrected chi connectivity index (χ0v) is 11.6. The number of nitrogens with zero attached hydrogens (tertiary/aromatic N) is 2. The molecule has 0 radical (unpaired) electrons. The third-order valence-electron chi connectivity index (χ3n) is 2.67. The standard InChI is InChI=1S/C13H8ClN3O2S/c14-8-2-1-3-9(6-8)16-11(18)10-7-15-13-17(12(10)19)4-5-20-13/h1-7H,(H,16,18). The fraction of sp³-hybridized carbons (Fsp3) is 0. The summed E-state index contributed by atoms with van der Waals surface area (Å²) in [6.07, 6.45) is 2.87. The van der Waals surface area contributed by atoms with E-state index in [0.717, 1.165) is 0 Å². The van der Waals surface area contributed by atoms with Crippen LogP contribution in [-0.4, -0.2) is 15.3 Å². The normalized spacial score (nSPS) is 10.7. The van der Waals surface area contributed by atoms with Gasteiger partial charge in [0.2, 0.25) is 0 Å². The molecule has 20 heavy (non-hydrogen) atoms. The highest BCUT2D eigenvalue weighted by Gasteiger charge is 2.14. The predicted molar refractivity (Wildman–Crippen MR) is 78.7 cm³/mol. The largest absolute Gasteiger partial charge is 0.322 e. The molecule has 2 aromatic heterocycles. The number of anilines is 1. The fourth-order valence-corrected chi connectivity index (χ4v) is 2.61. The Morgan fingerprint density at radius 2 is 2.25 bits per heavy atom. The number of benzene rings is 1. The van der Waals surface area contributed by atoms with Gasteiger partial charge < -0.3 is 5.32 Å². The number of fused-ring (bicyclic) bond motifs is 1. The van der Waals surface area contributed by atoms with Crippen LogP contribution in [0.3, 0.4) is 0 Å². The van der Waals surface area contributed by atoms with Crippen LogP contribution in [0.25, 0.3) is 4.96 Å². The molecule has 0 fully saturated rings. The summed E-state index contributed by atoms with van der Waals surface area (Å²) in [5.41, 5.74) is 0.119. The first-order chi connectivity index (χ1) is 9.65. The molecule has 1 N–H and O–H groups in total. The minimum atomic E-state index is -0.509. The predicted octanol–water partition coefficient (Wildman–Crippen LogP) is 2.66. The van der Waals surface area contributed by atoms with Gasteiger partial charge in [0.25, 0.3) is 11.5 Å². The van der Waals surface area contributed by atoms with Crippen molar-refractivity contribution in [3.05, 3.63) is 63.0 Å². The lowest BCUT2D eigenvalue weighted by molar-refractivity contribution is 0.102. The topological polar surface area (TPSA) is 63.5 Å². The first-order valence-electron chi connectivity index (χ1n) is 5.67. The summed E-state index contributed by atoms with van der Waals surface area (Å²) in [6, 6.07) is 6.71. The second kappa shape index (κ2) is 5.07. The number of aromatic nitrogens is 2. The number of nitrogens with one attached hydrogen (secondary N) is 1. The van der Waals surface area contributed by atoms with Crippen LogP contribution in [0.2, 0.25) is 5.02 Å². The first-order valence-corrected chi connectivity index (χ1v) is 6.93. The average Bonchev–Trinajstić information content (AvgIpc) is 2.88. The Balaban J connectivity index is 1.96. The summed E-state index contributed by atoms with van der Waals surface area (Å²) in [6.45, 7) is 0. The maximum Gasteiger partial charge on any atom is 0.271 e. The van der Waals surface area contributed by atoms with E-state index in [1.54, 1.807) is 35.8 Å². The van der Waals surface area contributed by atoms with Gasteiger partial charge in [-0.2, -0.15) is 0 Å². The number of carbonyl (C=O) groups excluding carboxylic acids is 1. The van der Waals surface area contributed by atoms with Gasteiger partial charge in [-0.25, -0.2) is 4.98 Å². The molecule has 0 saturated carbocycles. The van der Waals surface area contributed by atoms with Crippen LogP contribution >= 0.6 is 22.9 Å². The van der Waals surface area contributed by atoms with Crippen LogP contribution in [0.4, 0.5) is 5.69 Å². The molecule has 0 aliphatic heterocycles. The van der Waals surface area contributed by atoms with Gasteiger partial charge in [-0.05, 0) is 18.2 Å². The molecule has 2 heterocycles. The maximum absolute atomic E-state index is 12.1.